The van der Waals surface area contributed by atoms with Gasteiger partial charge in [0.05, 0.1) is 12.3 Å². The van der Waals surface area contributed by atoms with Crippen LogP contribution in [0.15, 0.2) is 39.7 Å². The summed E-state index contributed by atoms with van der Waals surface area (Å²) in [5.41, 5.74) is 3.90. The van der Waals surface area contributed by atoms with Gasteiger partial charge >= 0.3 is 0 Å². The molecular formula is C16H19N3S. The number of nitrogens with one attached hydrogen (secondary N) is 1. The fraction of sp³-hybridized carbons (Fsp3) is 0.375. The SMILES string of the molecule is CCCN=C1NC=N[C@H]2SC=C(c3ccc(C)cc3)[C@H]12. The number of fused-ring (bicyclic) bond motifs is 1. The molecular weight excluding hydrogens is 266 g/mol. The van der Waals surface area contributed by atoms with Gasteiger partial charge in [0.1, 0.15) is 11.2 Å². The van der Waals surface area contributed by atoms with Crippen LogP contribution in [0, 0.1) is 12.8 Å². The van der Waals surface area contributed by atoms with E-state index in [1.54, 1.807) is 18.1 Å². The van der Waals surface area contributed by atoms with E-state index in [1.807, 2.05) is 0 Å². The number of hydrogen-bond acceptors (Lipinski definition) is 3. The fourth-order valence-corrected chi connectivity index (χ4v) is 3.62. The van der Waals surface area contributed by atoms with Crippen molar-refractivity contribution in [3.8, 4) is 0 Å². The topological polar surface area (TPSA) is 36.8 Å². The van der Waals surface area contributed by atoms with E-state index in [0.717, 1.165) is 18.8 Å². The summed E-state index contributed by atoms with van der Waals surface area (Å²) >= 11 is 1.79. The van der Waals surface area contributed by atoms with E-state index in [1.165, 1.54) is 16.7 Å². The van der Waals surface area contributed by atoms with Crippen molar-refractivity contribution < 1.29 is 0 Å². The number of aryl methyl sites for hydroxylation is 1. The second kappa shape index (κ2) is 5.83. The van der Waals surface area contributed by atoms with Crippen LogP contribution in [0.4, 0.5) is 0 Å². The standard InChI is InChI=1S/C16H19N3S/c1-3-8-17-15-14-13(9-20-16(14)19-10-18-15)12-6-4-11(2)5-7-12/h4-7,9-10,14,16H,3,8H2,1-2H3,(H,17,18,19)/t14-,16+/m1/s1. The molecule has 0 fully saturated rings. The quantitative estimate of drug-likeness (QED) is 0.923. The molecule has 1 aromatic carbocycles. The molecule has 0 amide bonds. The molecule has 0 bridgehead atoms. The highest BCUT2D eigenvalue weighted by Gasteiger charge is 2.36. The number of hydrogen-bond donors (Lipinski definition) is 1. The van der Waals surface area contributed by atoms with Crippen LogP contribution in [0.25, 0.3) is 5.57 Å². The minimum Gasteiger partial charge on any atom is -0.335 e. The van der Waals surface area contributed by atoms with E-state index in [4.69, 9.17) is 4.99 Å². The average molecular weight is 285 g/mol. The highest BCUT2D eigenvalue weighted by molar-refractivity contribution is 8.03. The Morgan fingerprint density at radius 3 is 2.85 bits per heavy atom. The zero-order valence-electron chi connectivity index (χ0n) is 11.8. The van der Waals surface area contributed by atoms with Crippen molar-refractivity contribution in [1.29, 1.82) is 0 Å². The number of amidine groups is 1. The third kappa shape index (κ3) is 2.52. The van der Waals surface area contributed by atoms with E-state index in [0.29, 0.717) is 0 Å². The number of thioether (sulfide) groups is 1. The molecule has 104 valence electrons. The molecule has 0 unspecified atom stereocenters. The Labute approximate surface area is 124 Å². The average Bonchev–Trinajstić information content (AvgIpc) is 2.90. The van der Waals surface area contributed by atoms with Gasteiger partial charge in [-0.1, -0.05) is 36.8 Å². The fourth-order valence-electron chi connectivity index (χ4n) is 2.49. The zero-order valence-corrected chi connectivity index (χ0v) is 12.7. The lowest BCUT2D eigenvalue weighted by atomic mass is 9.91. The Balaban J connectivity index is 1.92. The molecule has 2 heterocycles. The maximum atomic E-state index is 4.70. The molecule has 2 aliphatic rings. The smallest absolute Gasteiger partial charge is 0.115 e. The van der Waals surface area contributed by atoms with Crippen molar-refractivity contribution in [2.24, 2.45) is 15.9 Å². The van der Waals surface area contributed by atoms with Crippen molar-refractivity contribution in [3.63, 3.8) is 0 Å². The molecule has 20 heavy (non-hydrogen) atoms. The van der Waals surface area contributed by atoms with Crippen LogP contribution in [0.5, 0.6) is 0 Å². The third-order valence-electron chi connectivity index (χ3n) is 3.57. The Hall–Kier alpha value is -1.55. The molecule has 1 N–H and O–H groups in total. The van der Waals surface area contributed by atoms with Gasteiger partial charge in [0.25, 0.3) is 0 Å². The van der Waals surface area contributed by atoms with E-state index in [-0.39, 0.29) is 11.3 Å². The van der Waals surface area contributed by atoms with Crippen LogP contribution < -0.4 is 5.32 Å². The van der Waals surface area contributed by atoms with Gasteiger partial charge in [-0.2, -0.15) is 0 Å². The molecule has 0 radical (unpaired) electrons. The van der Waals surface area contributed by atoms with Gasteiger partial charge in [0.15, 0.2) is 0 Å². The first kappa shape index (κ1) is 13.4. The van der Waals surface area contributed by atoms with E-state index in [2.05, 4.69) is 53.8 Å². The molecule has 0 spiro atoms. The lowest BCUT2D eigenvalue weighted by molar-refractivity contribution is 0.782. The molecule has 2 atom stereocenters. The summed E-state index contributed by atoms with van der Waals surface area (Å²) in [7, 11) is 0. The second-order valence-electron chi connectivity index (χ2n) is 5.13. The Morgan fingerprint density at radius 1 is 1.30 bits per heavy atom. The maximum Gasteiger partial charge on any atom is 0.115 e. The first-order chi connectivity index (χ1) is 9.79. The van der Waals surface area contributed by atoms with Crippen LogP contribution in [-0.4, -0.2) is 24.1 Å². The predicted octanol–water partition coefficient (Wildman–Crippen LogP) is 3.47. The summed E-state index contributed by atoms with van der Waals surface area (Å²) < 4.78 is 0. The van der Waals surface area contributed by atoms with Crippen molar-refractivity contribution in [1.82, 2.24) is 5.32 Å². The van der Waals surface area contributed by atoms with Crippen molar-refractivity contribution in [2.45, 2.75) is 25.6 Å². The number of benzene rings is 1. The molecule has 0 aromatic heterocycles. The van der Waals surface area contributed by atoms with Crippen LogP contribution >= 0.6 is 11.8 Å². The van der Waals surface area contributed by atoms with E-state index in [9.17, 15) is 0 Å². The number of aliphatic imine (C=N–C) groups is 2. The third-order valence-corrected chi connectivity index (χ3v) is 4.64. The van der Waals surface area contributed by atoms with E-state index >= 15 is 0 Å². The van der Waals surface area contributed by atoms with Gasteiger partial charge in [-0.05, 0) is 29.9 Å². The highest BCUT2D eigenvalue weighted by atomic mass is 32.2. The normalized spacial score (nSPS) is 26.3. The predicted molar refractivity (Wildman–Crippen MR) is 88.2 cm³/mol. The molecule has 0 saturated carbocycles. The minimum atomic E-state index is 0.239. The zero-order chi connectivity index (χ0) is 13.9. The molecule has 3 nitrogen and oxygen atoms in total. The van der Waals surface area contributed by atoms with Crippen LogP contribution in [0.2, 0.25) is 0 Å². The number of rotatable bonds is 3. The summed E-state index contributed by atoms with van der Waals surface area (Å²) in [5.74, 6) is 1.32. The molecule has 2 aliphatic heterocycles. The first-order valence-electron chi connectivity index (χ1n) is 7.04. The summed E-state index contributed by atoms with van der Waals surface area (Å²) in [6.45, 7) is 5.13. The van der Waals surface area contributed by atoms with Crippen molar-refractivity contribution in [2.75, 3.05) is 6.54 Å². The van der Waals surface area contributed by atoms with Gasteiger partial charge in [-0.15, -0.1) is 11.8 Å². The van der Waals surface area contributed by atoms with Crippen LogP contribution in [-0.2, 0) is 0 Å². The summed E-state index contributed by atoms with van der Waals surface area (Å²) in [4.78, 5) is 9.23. The van der Waals surface area contributed by atoms with Crippen LogP contribution in [0.1, 0.15) is 24.5 Å². The van der Waals surface area contributed by atoms with Crippen molar-refractivity contribution in [3.05, 3.63) is 40.8 Å². The maximum absolute atomic E-state index is 4.70. The molecule has 4 heteroatoms. The first-order valence-corrected chi connectivity index (χ1v) is 7.99. The second-order valence-corrected chi connectivity index (χ2v) is 6.12. The van der Waals surface area contributed by atoms with E-state index < -0.39 is 0 Å². The molecule has 3 rings (SSSR count). The van der Waals surface area contributed by atoms with Gasteiger partial charge < -0.3 is 5.32 Å². The number of nitrogens with zero attached hydrogens (tertiary/aromatic N) is 2. The Morgan fingerprint density at radius 2 is 2.10 bits per heavy atom. The van der Waals surface area contributed by atoms with Gasteiger partial charge in [0.2, 0.25) is 0 Å². The van der Waals surface area contributed by atoms with Gasteiger partial charge in [-0.25, -0.2) is 0 Å². The molecule has 1 aromatic rings. The lowest BCUT2D eigenvalue weighted by Gasteiger charge is -2.25. The monoisotopic (exact) mass is 285 g/mol. The van der Waals surface area contributed by atoms with Crippen LogP contribution in [0.3, 0.4) is 0 Å². The largest absolute Gasteiger partial charge is 0.335 e. The highest BCUT2D eigenvalue weighted by Crippen LogP contribution is 2.43. The lowest BCUT2D eigenvalue weighted by Crippen LogP contribution is -2.39. The summed E-state index contributed by atoms with van der Waals surface area (Å²) in [6.07, 6.45) is 2.85. The van der Waals surface area contributed by atoms with Gasteiger partial charge in [-0.3, -0.25) is 9.98 Å². The summed E-state index contributed by atoms with van der Waals surface area (Å²) in [6, 6.07) is 8.72. The molecule has 0 aliphatic carbocycles. The van der Waals surface area contributed by atoms with Gasteiger partial charge in [0, 0.05) is 6.54 Å². The Bertz CT molecular complexity index is 572. The Kier molecular flexibility index (Phi) is 3.92. The molecule has 0 saturated heterocycles. The van der Waals surface area contributed by atoms with Crippen molar-refractivity contribution >= 4 is 29.5 Å². The summed E-state index contributed by atoms with van der Waals surface area (Å²) in [5, 5.41) is 5.72. The minimum absolute atomic E-state index is 0.239.